The van der Waals surface area contributed by atoms with E-state index in [0.29, 0.717) is 0 Å². The Bertz CT molecular complexity index is 1020. The van der Waals surface area contributed by atoms with Crippen LogP contribution in [0.4, 0.5) is 0 Å². The molecule has 1 aliphatic carbocycles. The molecule has 0 saturated heterocycles. The molecule has 142 valence electrons. The van der Waals surface area contributed by atoms with Crippen LogP contribution in [-0.4, -0.2) is 21.3 Å². The van der Waals surface area contributed by atoms with E-state index in [4.69, 9.17) is 14.2 Å². The second-order valence-electron chi connectivity index (χ2n) is 6.62. The molecule has 0 bridgehead atoms. The van der Waals surface area contributed by atoms with E-state index in [2.05, 4.69) is 52.3 Å². The first kappa shape index (κ1) is 18.6. The van der Waals surface area contributed by atoms with E-state index < -0.39 is 0 Å². The van der Waals surface area contributed by atoms with Gasteiger partial charge < -0.3 is 14.2 Å². The van der Waals surface area contributed by atoms with Crippen LogP contribution in [0, 0.1) is 0 Å². The van der Waals surface area contributed by atoms with Crippen LogP contribution in [0.1, 0.15) is 28.2 Å². The third-order valence-corrected chi connectivity index (χ3v) is 6.04. The molecule has 28 heavy (non-hydrogen) atoms. The van der Waals surface area contributed by atoms with Crippen molar-refractivity contribution >= 4 is 26.0 Å². The monoisotopic (exact) mass is 436 g/mol. The van der Waals surface area contributed by atoms with E-state index in [1.165, 1.54) is 16.7 Å². The van der Waals surface area contributed by atoms with Gasteiger partial charge in [0.25, 0.3) is 0 Å². The fourth-order valence-corrected chi connectivity index (χ4v) is 4.54. The summed E-state index contributed by atoms with van der Waals surface area (Å²) in [6, 6.07) is 22.8. The molecule has 0 fully saturated rings. The van der Waals surface area contributed by atoms with Gasteiger partial charge in [-0.2, -0.15) is 0 Å². The summed E-state index contributed by atoms with van der Waals surface area (Å²) >= 11 is 3.87. The highest BCUT2D eigenvalue weighted by molar-refractivity contribution is 9.15. The Kier molecular flexibility index (Phi) is 5.14. The summed E-state index contributed by atoms with van der Waals surface area (Å²) in [7, 11) is 5.06. The second-order valence-corrected chi connectivity index (χ2v) is 7.41. The summed E-state index contributed by atoms with van der Waals surface area (Å²) in [5.41, 5.74) is 6.02. The summed E-state index contributed by atoms with van der Waals surface area (Å²) < 4.78 is 17.2. The van der Waals surface area contributed by atoms with Gasteiger partial charge in [0.15, 0.2) is 0 Å². The minimum Gasteiger partial charge on any atom is -0.497 e. The van der Waals surface area contributed by atoms with Crippen molar-refractivity contribution in [2.24, 2.45) is 0 Å². The quantitative estimate of drug-likeness (QED) is 0.481. The van der Waals surface area contributed by atoms with Gasteiger partial charge in [-0.3, -0.25) is 0 Å². The molecule has 1 unspecified atom stereocenters. The lowest BCUT2D eigenvalue weighted by Gasteiger charge is -2.19. The van der Waals surface area contributed by atoms with Gasteiger partial charge in [0.1, 0.15) is 17.2 Å². The van der Waals surface area contributed by atoms with Gasteiger partial charge in [0.2, 0.25) is 0 Å². The minimum absolute atomic E-state index is 0.120. The molecule has 4 rings (SSSR count). The van der Waals surface area contributed by atoms with E-state index in [1.807, 2.05) is 30.3 Å². The molecular formula is C24H21BrO3. The third-order valence-electron chi connectivity index (χ3n) is 5.18. The number of methoxy groups -OCH3 is 3. The molecule has 1 atom stereocenters. The summed E-state index contributed by atoms with van der Waals surface area (Å²) in [5.74, 6) is 2.67. The molecular weight excluding hydrogens is 416 g/mol. The van der Waals surface area contributed by atoms with Gasteiger partial charge in [0, 0.05) is 10.4 Å². The number of fused-ring (bicyclic) bond motifs is 1. The lowest BCUT2D eigenvalue weighted by Crippen LogP contribution is -2.01. The van der Waals surface area contributed by atoms with Crippen molar-refractivity contribution in [3.8, 4) is 17.2 Å². The van der Waals surface area contributed by atoms with E-state index in [1.54, 1.807) is 21.3 Å². The number of allylic oxidation sites excluding steroid dienone is 1. The van der Waals surface area contributed by atoms with Gasteiger partial charge >= 0.3 is 0 Å². The average Bonchev–Trinajstić information content (AvgIpc) is 3.05. The normalized spacial score (nSPS) is 15.4. The predicted molar refractivity (Wildman–Crippen MR) is 117 cm³/mol. The number of halogens is 1. The largest absolute Gasteiger partial charge is 0.497 e. The zero-order chi connectivity index (χ0) is 19.7. The van der Waals surface area contributed by atoms with E-state index in [0.717, 1.165) is 32.9 Å². The molecule has 0 amide bonds. The van der Waals surface area contributed by atoms with E-state index in [-0.39, 0.29) is 5.92 Å². The summed E-state index contributed by atoms with van der Waals surface area (Å²) in [5, 5.41) is 0. The van der Waals surface area contributed by atoms with Crippen LogP contribution >= 0.6 is 15.9 Å². The number of hydrogen-bond acceptors (Lipinski definition) is 3. The molecule has 0 aliphatic heterocycles. The van der Waals surface area contributed by atoms with Crippen LogP contribution in [-0.2, 0) is 0 Å². The molecule has 0 N–H and O–H groups in total. The van der Waals surface area contributed by atoms with Crippen molar-refractivity contribution in [1.29, 1.82) is 0 Å². The lowest BCUT2D eigenvalue weighted by molar-refractivity contribution is 0.414. The van der Waals surface area contributed by atoms with Gasteiger partial charge in [0.05, 0.1) is 21.3 Å². The number of hydrogen-bond donors (Lipinski definition) is 0. The highest BCUT2D eigenvalue weighted by atomic mass is 79.9. The lowest BCUT2D eigenvalue weighted by atomic mass is 9.85. The van der Waals surface area contributed by atoms with E-state index in [9.17, 15) is 0 Å². The van der Waals surface area contributed by atoms with Gasteiger partial charge in [-0.1, -0.05) is 30.3 Å². The first-order chi connectivity index (χ1) is 13.7. The van der Waals surface area contributed by atoms with Crippen LogP contribution in [0.2, 0.25) is 0 Å². The fourth-order valence-electron chi connectivity index (χ4n) is 3.74. The summed E-state index contributed by atoms with van der Waals surface area (Å²) in [4.78, 5) is 0. The van der Waals surface area contributed by atoms with Crippen molar-refractivity contribution < 1.29 is 14.2 Å². The second kappa shape index (κ2) is 7.72. The molecule has 0 aromatic heterocycles. The van der Waals surface area contributed by atoms with E-state index >= 15 is 0 Å². The van der Waals surface area contributed by atoms with Crippen molar-refractivity contribution in [3.05, 3.63) is 89.0 Å². The maximum Gasteiger partial charge on any atom is 0.119 e. The van der Waals surface area contributed by atoms with Crippen LogP contribution in [0.3, 0.4) is 0 Å². The van der Waals surface area contributed by atoms with Crippen molar-refractivity contribution in [3.63, 3.8) is 0 Å². The Morgan fingerprint density at radius 3 is 1.79 bits per heavy atom. The number of rotatable bonds is 5. The van der Waals surface area contributed by atoms with Crippen LogP contribution in [0.5, 0.6) is 17.2 Å². The molecule has 1 aliphatic rings. The maximum atomic E-state index is 5.45. The van der Waals surface area contributed by atoms with Gasteiger partial charge in [-0.25, -0.2) is 0 Å². The van der Waals surface area contributed by atoms with Crippen molar-refractivity contribution in [2.75, 3.05) is 21.3 Å². The van der Waals surface area contributed by atoms with Gasteiger partial charge in [-0.05, 0) is 80.2 Å². The standard InChI is InChI=1S/C24H21BrO3/c1-26-17-8-4-15(5-9-17)22-20-13-12-19(28-3)14-21(20)24(25)23(22)16-6-10-18(27-2)11-7-16/h4-14,22H,1-3H3. The summed E-state index contributed by atoms with van der Waals surface area (Å²) in [6.07, 6.45) is 0. The van der Waals surface area contributed by atoms with Crippen LogP contribution in [0.25, 0.3) is 10.1 Å². The summed E-state index contributed by atoms with van der Waals surface area (Å²) in [6.45, 7) is 0. The highest BCUT2D eigenvalue weighted by Crippen LogP contribution is 2.53. The zero-order valence-corrected chi connectivity index (χ0v) is 17.6. The smallest absolute Gasteiger partial charge is 0.119 e. The van der Waals surface area contributed by atoms with Gasteiger partial charge in [-0.15, -0.1) is 0 Å². The molecule has 0 saturated carbocycles. The highest BCUT2D eigenvalue weighted by Gasteiger charge is 2.32. The average molecular weight is 437 g/mol. The topological polar surface area (TPSA) is 27.7 Å². The third kappa shape index (κ3) is 3.18. The number of ether oxygens (including phenoxy) is 3. The molecule has 3 aromatic rings. The Morgan fingerprint density at radius 1 is 0.679 bits per heavy atom. The molecule has 3 aromatic carbocycles. The Morgan fingerprint density at radius 2 is 1.21 bits per heavy atom. The SMILES string of the molecule is COc1ccc(C2=C(Br)c3cc(OC)ccc3C2c2ccc(OC)cc2)cc1. The molecule has 0 radical (unpaired) electrons. The predicted octanol–water partition coefficient (Wildman–Crippen LogP) is 6.12. The van der Waals surface area contributed by atoms with Crippen molar-refractivity contribution in [2.45, 2.75) is 5.92 Å². The molecule has 0 heterocycles. The first-order valence-corrected chi connectivity index (χ1v) is 9.82. The molecule has 0 spiro atoms. The van der Waals surface area contributed by atoms with Crippen LogP contribution < -0.4 is 14.2 Å². The fraction of sp³-hybridized carbons (Fsp3) is 0.167. The molecule has 4 heteroatoms. The Hall–Kier alpha value is -2.72. The number of benzene rings is 3. The Balaban J connectivity index is 1.89. The first-order valence-electron chi connectivity index (χ1n) is 9.02. The minimum atomic E-state index is 0.120. The maximum absolute atomic E-state index is 5.45. The van der Waals surface area contributed by atoms with Crippen LogP contribution in [0.15, 0.2) is 66.7 Å². The molecule has 3 nitrogen and oxygen atoms in total. The Labute approximate surface area is 173 Å². The zero-order valence-electron chi connectivity index (χ0n) is 16.0. The van der Waals surface area contributed by atoms with Crippen molar-refractivity contribution in [1.82, 2.24) is 0 Å².